The highest BCUT2D eigenvalue weighted by atomic mass is 16.5. The maximum atomic E-state index is 5.80. The number of hydrogen-bond acceptors (Lipinski definition) is 4. The molecule has 0 spiro atoms. The molecule has 4 heteroatoms. The smallest absolute Gasteiger partial charge is 0.124 e. The molecule has 0 amide bonds. The summed E-state index contributed by atoms with van der Waals surface area (Å²) in [6.45, 7) is 4.55. The predicted molar refractivity (Wildman–Crippen MR) is 62.5 cm³/mol. The molecule has 1 aromatic heterocycles. The first-order chi connectivity index (χ1) is 7.72. The summed E-state index contributed by atoms with van der Waals surface area (Å²) in [5.74, 6) is 1.96. The van der Waals surface area contributed by atoms with Crippen molar-refractivity contribution in [3.05, 3.63) is 23.7 Å². The predicted octanol–water partition coefficient (Wildman–Crippen LogP) is 1.18. The molecule has 1 aromatic rings. The average Bonchev–Trinajstić information content (AvgIpc) is 2.65. The SMILES string of the molecule is CNCC1OCCN(C)C1c1ccc(C)o1. The fourth-order valence-electron chi connectivity index (χ4n) is 2.25. The molecule has 2 atom stereocenters. The minimum atomic E-state index is 0.161. The van der Waals surface area contributed by atoms with E-state index < -0.39 is 0 Å². The normalized spacial score (nSPS) is 27.2. The molecule has 16 heavy (non-hydrogen) atoms. The quantitative estimate of drug-likeness (QED) is 0.836. The van der Waals surface area contributed by atoms with Crippen LogP contribution >= 0.6 is 0 Å². The van der Waals surface area contributed by atoms with Gasteiger partial charge in [0.15, 0.2) is 0 Å². The summed E-state index contributed by atoms with van der Waals surface area (Å²) in [5, 5.41) is 3.17. The lowest BCUT2D eigenvalue weighted by Crippen LogP contribution is -2.46. The fourth-order valence-corrected chi connectivity index (χ4v) is 2.25. The number of hydrogen-bond donors (Lipinski definition) is 1. The Labute approximate surface area is 96.6 Å². The third kappa shape index (κ3) is 2.29. The first-order valence-electron chi connectivity index (χ1n) is 5.75. The van der Waals surface area contributed by atoms with Gasteiger partial charge in [0, 0.05) is 13.1 Å². The molecule has 0 aromatic carbocycles. The van der Waals surface area contributed by atoms with Crippen molar-refractivity contribution in [3.63, 3.8) is 0 Å². The van der Waals surface area contributed by atoms with Crippen LogP contribution in [0.2, 0.25) is 0 Å². The van der Waals surface area contributed by atoms with Crippen LogP contribution in [0, 0.1) is 6.92 Å². The Hall–Kier alpha value is -0.840. The van der Waals surface area contributed by atoms with Crippen molar-refractivity contribution in [3.8, 4) is 0 Å². The van der Waals surface area contributed by atoms with E-state index in [0.717, 1.165) is 31.2 Å². The largest absolute Gasteiger partial charge is 0.465 e. The molecule has 2 heterocycles. The van der Waals surface area contributed by atoms with Crippen molar-refractivity contribution >= 4 is 0 Å². The van der Waals surface area contributed by atoms with Crippen LogP contribution in [0.1, 0.15) is 17.6 Å². The second kappa shape index (κ2) is 4.99. The van der Waals surface area contributed by atoms with Crippen LogP contribution in [0.4, 0.5) is 0 Å². The number of nitrogens with one attached hydrogen (secondary N) is 1. The van der Waals surface area contributed by atoms with Crippen molar-refractivity contribution in [2.75, 3.05) is 33.8 Å². The van der Waals surface area contributed by atoms with Gasteiger partial charge in [-0.25, -0.2) is 0 Å². The number of morpholine rings is 1. The van der Waals surface area contributed by atoms with Crippen LogP contribution in [-0.4, -0.2) is 44.8 Å². The van der Waals surface area contributed by atoms with Gasteiger partial charge in [-0.2, -0.15) is 0 Å². The topological polar surface area (TPSA) is 37.6 Å². The summed E-state index contributed by atoms with van der Waals surface area (Å²) >= 11 is 0. The first-order valence-corrected chi connectivity index (χ1v) is 5.75. The van der Waals surface area contributed by atoms with Crippen molar-refractivity contribution < 1.29 is 9.15 Å². The Morgan fingerprint density at radius 2 is 2.31 bits per heavy atom. The van der Waals surface area contributed by atoms with Crippen LogP contribution in [0.3, 0.4) is 0 Å². The van der Waals surface area contributed by atoms with Gasteiger partial charge in [0.05, 0.1) is 18.8 Å². The minimum Gasteiger partial charge on any atom is -0.465 e. The second-order valence-corrected chi connectivity index (χ2v) is 4.34. The third-order valence-electron chi connectivity index (χ3n) is 3.06. The van der Waals surface area contributed by atoms with Crippen LogP contribution in [0.15, 0.2) is 16.5 Å². The first kappa shape index (κ1) is 11.6. The Morgan fingerprint density at radius 1 is 1.50 bits per heavy atom. The van der Waals surface area contributed by atoms with Gasteiger partial charge >= 0.3 is 0 Å². The van der Waals surface area contributed by atoms with E-state index in [2.05, 4.69) is 17.3 Å². The molecule has 0 aliphatic carbocycles. The lowest BCUT2D eigenvalue weighted by Gasteiger charge is -2.37. The van der Waals surface area contributed by atoms with Gasteiger partial charge in [0.2, 0.25) is 0 Å². The maximum absolute atomic E-state index is 5.80. The Kier molecular flexibility index (Phi) is 3.63. The summed E-state index contributed by atoms with van der Waals surface area (Å²) in [6, 6.07) is 4.28. The summed E-state index contributed by atoms with van der Waals surface area (Å²) in [7, 11) is 4.07. The molecule has 1 fully saturated rings. The Bertz CT molecular complexity index is 336. The number of furan rings is 1. The Balaban J connectivity index is 2.18. The van der Waals surface area contributed by atoms with Gasteiger partial charge < -0.3 is 14.5 Å². The zero-order chi connectivity index (χ0) is 11.5. The van der Waals surface area contributed by atoms with Gasteiger partial charge in [0.25, 0.3) is 0 Å². The highest BCUT2D eigenvalue weighted by Gasteiger charge is 2.33. The molecule has 1 aliphatic heterocycles. The zero-order valence-electron chi connectivity index (χ0n) is 10.2. The number of rotatable bonds is 3. The van der Waals surface area contributed by atoms with E-state index in [1.54, 1.807) is 0 Å². The van der Waals surface area contributed by atoms with E-state index in [1.807, 2.05) is 26.1 Å². The summed E-state index contributed by atoms with van der Waals surface area (Å²) < 4.78 is 11.5. The molecule has 2 unspecified atom stereocenters. The van der Waals surface area contributed by atoms with Gasteiger partial charge in [-0.3, -0.25) is 4.90 Å². The monoisotopic (exact) mass is 224 g/mol. The van der Waals surface area contributed by atoms with E-state index >= 15 is 0 Å². The van der Waals surface area contributed by atoms with Crippen LogP contribution in [-0.2, 0) is 4.74 Å². The fraction of sp³-hybridized carbons (Fsp3) is 0.667. The van der Waals surface area contributed by atoms with Gasteiger partial charge in [-0.15, -0.1) is 0 Å². The molecular formula is C12H20N2O2. The van der Waals surface area contributed by atoms with E-state index in [-0.39, 0.29) is 12.1 Å². The van der Waals surface area contributed by atoms with E-state index in [9.17, 15) is 0 Å². The van der Waals surface area contributed by atoms with Crippen LogP contribution in [0.25, 0.3) is 0 Å². The molecule has 0 bridgehead atoms. The van der Waals surface area contributed by atoms with Gasteiger partial charge in [-0.05, 0) is 33.2 Å². The molecule has 1 saturated heterocycles. The molecule has 90 valence electrons. The van der Waals surface area contributed by atoms with E-state index in [1.165, 1.54) is 0 Å². The number of likely N-dealkylation sites (N-methyl/N-ethyl adjacent to an activating group) is 2. The second-order valence-electron chi connectivity index (χ2n) is 4.34. The van der Waals surface area contributed by atoms with Crippen LogP contribution in [0.5, 0.6) is 0 Å². The summed E-state index contributed by atoms with van der Waals surface area (Å²) in [6.07, 6.45) is 0.161. The molecule has 1 N–H and O–H groups in total. The number of ether oxygens (including phenoxy) is 1. The molecule has 4 nitrogen and oxygen atoms in total. The lowest BCUT2D eigenvalue weighted by molar-refractivity contribution is -0.0670. The average molecular weight is 224 g/mol. The maximum Gasteiger partial charge on any atom is 0.124 e. The third-order valence-corrected chi connectivity index (χ3v) is 3.06. The molecular weight excluding hydrogens is 204 g/mol. The van der Waals surface area contributed by atoms with Gasteiger partial charge in [-0.1, -0.05) is 0 Å². The molecule has 2 rings (SSSR count). The minimum absolute atomic E-state index is 0.161. The molecule has 1 aliphatic rings. The summed E-state index contributed by atoms with van der Waals surface area (Å²) in [4.78, 5) is 2.30. The lowest BCUT2D eigenvalue weighted by atomic mass is 10.1. The number of aryl methyl sites for hydroxylation is 1. The Morgan fingerprint density at radius 3 is 2.94 bits per heavy atom. The van der Waals surface area contributed by atoms with Crippen molar-refractivity contribution in [1.29, 1.82) is 0 Å². The zero-order valence-corrected chi connectivity index (χ0v) is 10.2. The standard InChI is InChI=1S/C12H20N2O2/c1-9-4-5-10(16-9)12-11(8-13-2)15-7-6-14(12)3/h4-5,11-13H,6-8H2,1-3H3. The highest BCUT2D eigenvalue weighted by Crippen LogP contribution is 2.29. The van der Waals surface area contributed by atoms with Crippen LogP contribution < -0.4 is 5.32 Å². The van der Waals surface area contributed by atoms with Gasteiger partial charge in [0.1, 0.15) is 11.5 Å². The van der Waals surface area contributed by atoms with Crippen molar-refractivity contribution in [2.45, 2.75) is 19.1 Å². The van der Waals surface area contributed by atoms with E-state index in [4.69, 9.17) is 9.15 Å². The van der Waals surface area contributed by atoms with E-state index in [0.29, 0.717) is 0 Å². The highest BCUT2D eigenvalue weighted by molar-refractivity contribution is 5.12. The summed E-state index contributed by atoms with van der Waals surface area (Å²) in [5.41, 5.74) is 0. The molecule has 0 saturated carbocycles. The number of nitrogens with zero attached hydrogens (tertiary/aromatic N) is 1. The van der Waals surface area contributed by atoms with Crippen molar-refractivity contribution in [1.82, 2.24) is 10.2 Å². The molecule has 0 radical (unpaired) electrons. The van der Waals surface area contributed by atoms with Crippen molar-refractivity contribution in [2.24, 2.45) is 0 Å².